The molecule has 1 N–H and O–H groups in total. The maximum absolute atomic E-state index is 12.0. The van der Waals surface area contributed by atoms with Crippen molar-refractivity contribution in [2.75, 3.05) is 12.4 Å². The Morgan fingerprint density at radius 2 is 1.66 bits per heavy atom. The van der Waals surface area contributed by atoms with Gasteiger partial charge in [0.15, 0.2) is 5.82 Å². The molecule has 3 aromatic rings. The Kier molecular flexibility index (Phi) is 6.29. The molecule has 0 spiro atoms. The number of aromatic nitrogens is 2. The van der Waals surface area contributed by atoms with Crippen LogP contribution in [0.5, 0.6) is 5.75 Å². The lowest BCUT2D eigenvalue weighted by Crippen LogP contribution is -2.12. The number of carbonyl (C=O) groups excluding carboxylic acids is 2. The van der Waals surface area contributed by atoms with Gasteiger partial charge in [-0.3, -0.25) is 9.59 Å². The first-order chi connectivity index (χ1) is 14.0. The van der Waals surface area contributed by atoms with E-state index in [9.17, 15) is 9.59 Å². The third-order valence-electron chi connectivity index (χ3n) is 4.32. The zero-order chi connectivity index (χ0) is 20.8. The number of nitrogens with zero attached hydrogens (tertiary/aromatic N) is 2. The number of anilines is 2. The van der Waals surface area contributed by atoms with E-state index in [0.717, 1.165) is 22.5 Å². The summed E-state index contributed by atoms with van der Waals surface area (Å²) in [5.41, 5.74) is 3.43. The number of hydrogen-bond acceptors (Lipinski definition) is 6. The van der Waals surface area contributed by atoms with Crippen LogP contribution in [0.3, 0.4) is 0 Å². The summed E-state index contributed by atoms with van der Waals surface area (Å²) in [5.74, 6) is 0.296. The molecule has 7 heteroatoms. The molecule has 1 heterocycles. The van der Waals surface area contributed by atoms with Crippen LogP contribution in [-0.2, 0) is 14.3 Å². The lowest BCUT2D eigenvalue weighted by atomic mass is 10.1. The molecular weight excluding hydrogens is 370 g/mol. The molecule has 0 saturated heterocycles. The molecule has 0 aliphatic rings. The Hall–Kier alpha value is -3.61. The van der Waals surface area contributed by atoms with Crippen molar-refractivity contribution in [3.8, 4) is 11.4 Å². The molecule has 3 rings (SSSR count). The van der Waals surface area contributed by atoms with E-state index >= 15 is 0 Å². The summed E-state index contributed by atoms with van der Waals surface area (Å²) < 4.78 is 11.8. The third-order valence-corrected chi connectivity index (χ3v) is 4.32. The highest BCUT2D eigenvalue weighted by Gasteiger charge is 2.14. The molecule has 7 nitrogen and oxygen atoms in total. The highest BCUT2D eigenvalue weighted by molar-refractivity contribution is 5.79. The van der Waals surface area contributed by atoms with Crippen molar-refractivity contribution in [1.82, 2.24) is 9.78 Å². The molecule has 0 unspecified atom stereocenters. The lowest BCUT2D eigenvalue weighted by Gasteiger charge is -2.13. The van der Waals surface area contributed by atoms with Gasteiger partial charge in [0.2, 0.25) is 0 Å². The largest absolute Gasteiger partial charge is 0.469 e. The van der Waals surface area contributed by atoms with Crippen molar-refractivity contribution in [3.05, 3.63) is 65.9 Å². The van der Waals surface area contributed by atoms with Crippen molar-refractivity contribution < 1.29 is 19.1 Å². The molecular formula is C22H23N3O4. The number of methoxy groups -OCH3 is 1. The van der Waals surface area contributed by atoms with Gasteiger partial charge in [0.1, 0.15) is 5.75 Å². The average molecular weight is 393 g/mol. The van der Waals surface area contributed by atoms with E-state index in [1.165, 1.54) is 7.11 Å². The second-order valence-corrected chi connectivity index (χ2v) is 6.60. The number of benzene rings is 2. The summed E-state index contributed by atoms with van der Waals surface area (Å²) in [7, 11) is 1.29. The van der Waals surface area contributed by atoms with E-state index < -0.39 is 11.9 Å². The highest BCUT2D eigenvalue weighted by Crippen LogP contribution is 2.29. The fraction of sp³-hybridized carbons (Fsp3) is 0.227. The topological polar surface area (TPSA) is 82.5 Å². The first-order valence-electron chi connectivity index (χ1n) is 9.23. The molecule has 2 aromatic carbocycles. The molecule has 0 atom stereocenters. The second-order valence-electron chi connectivity index (χ2n) is 6.60. The first kappa shape index (κ1) is 20.1. The Bertz CT molecular complexity index is 989. The zero-order valence-corrected chi connectivity index (χ0v) is 16.6. The van der Waals surface area contributed by atoms with Gasteiger partial charge in [-0.1, -0.05) is 18.2 Å². The number of carbonyl (C=O) groups is 2. The van der Waals surface area contributed by atoms with Crippen LogP contribution in [0.2, 0.25) is 0 Å². The van der Waals surface area contributed by atoms with Crippen molar-refractivity contribution in [1.29, 1.82) is 0 Å². The molecule has 0 fully saturated rings. The number of para-hydroxylation sites is 1. The van der Waals surface area contributed by atoms with E-state index in [2.05, 4.69) is 15.2 Å². The van der Waals surface area contributed by atoms with Gasteiger partial charge in [0.25, 0.3) is 0 Å². The smallest absolute Gasteiger partial charge is 0.311 e. The van der Waals surface area contributed by atoms with Crippen molar-refractivity contribution in [3.63, 3.8) is 0 Å². The van der Waals surface area contributed by atoms with E-state index in [-0.39, 0.29) is 12.8 Å². The van der Waals surface area contributed by atoms with Gasteiger partial charge in [-0.15, -0.1) is 0 Å². The van der Waals surface area contributed by atoms with Gasteiger partial charge in [-0.25, -0.2) is 4.68 Å². The highest BCUT2D eigenvalue weighted by atomic mass is 16.5. The number of nitrogens with one attached hydrogen (secondary N) is 1. The summed E-state index contributed by atoms with van der Waals surface area (Å²) in [6.07, 6.45) is 1.86. The molecule has 0 amide bonds. The van der Waals surface area contributed by atoms with E-state index in [0.29, 0.717) is 11.6 Å². The summed E-state index contributed by atoms with van der Waals surface area (Å²) >= 11 is 0. The van der Waals surface area contributed by atoms with Crippen LogP contribution in [0.15, 0.2) is 54.7 Å². The second kappa shape index (κ2) is 9.05. The maximum Gasteiger partial charge on any atom is 0.311 e. The standard InChI is InChI=1S/C22H23N3O4/c1-15-13-17(14-16(2)22(15)29-21(27)10-9-20(26)28-3)23-19-11-12-25(24-19)18-7-5-4-6-8-18/h4-8,11-14H,9-10H2,1-3H3,(H,23,24). The van der Waals surface area contributed by atoms with Gasteiger partial charge < -0.3 is 14.8 Å². The molecule has 29 heavy (non-hydrogen) atoms. The van der Waals surface area contributed by atoms with Crippen LogP contribution in [0.4, 0.5) is 11.5 Å². The quantitative estimate of drug-likeness (QED) is 0.481. The monoisotopic (exact) mass is 393 g/mol. The normalized spacial score (nSPS) is 10.4. The number of aryl methyl sites for hydroxylation is 2. The molecule has 1 aromatic heterocycles. The van der Waals surface area contributed by atoms with Crippen LogP contribution in [0, 0.1) is 13.8 Å². The van der Waals surface area contributed by atoms with Gasteiger partial charge in [0, 0.05) is 18.0 Å². The zero-order valence-electron chi connectivity index (χ0n) is 16.6. The summed E-state index contributed by atoms with van der Waals surface area (Å²) in [5, 5.41) is 7.80. The van der Waals surface area contributed by atoms with Crippen molar-refractivity contribution >= 4 is 23.4 Å². The van der Waals surface area contributed by atoms with Gasteiger partial charge in [0.05, 0.1) is 25.6 Å². The van der Waals surface area contributed by atoms with E-state index in [4.69, 9.17) is 4.74 Å². The number of ether oxygens (including phenoxy) is 2. The first-order valence-corrected chi connectivity index (χ1v) is 9.23. The van der Waals surface area contributed by atoms with E-state index in [1.54, 1.807) is 4.68 Å². The summed E-state index contributed by atoms with van der Waals surface area (Å²) in [6, 6.07) is 15.5. The van der Waals surface area contributed by atoms with Gasteiger partial charge in [-0.05, 0) is 49.2 Å². The van der Waals surface area contributed by atoms with Crippen LogP contribution in [-0.4, -0.2) is 28.8 Å². The van der Waals surface area contributed by atoms with Gasteiger partial charge in [-0.2, -0.15) is 5.10 Å². The van der Waals surface area contributed by atoms with Crippen LogP contribution in [0.1, 0.15) is 24.0 Å². The third kappa shape index (κ3) is 5.22. The predicted octanol–water partition coefficient (Wildman–Crippen LogP) is 4.09. The van der Waals surface area contributed by atoms with Crippen LogP contribution < -0.4 is 10.1 Å². The van der Waals surface area contributed by atoms with Crippen molar-refractivity contribution in [2.24, 2.45) is 0 Å². The predicted molar refractivity (Wildman–Crippen MR) is 110 cm³/mol. The number of esters is 2. The molecule has 0 aliphatic heterocycles. The minimum absolute atomic E-state index is 0.00284. The minimum Gasteiger partial charge on any atom is -0.469 e. The average Bonchev–Trinajstić information content (AvgIpc) is 3.18. The Labute approximate surface area is 169 Å². The SMILES string of the molecule is COC(=O)CCC(=O)Oc1c(C)cc(Nc2ccn(-c3ccccc3)n2)cc1C. The molecule has 0 radical (unpaired) electrons. The molecule has 0 bridgehead atoms. The molecule has 150 valence electrons. The Morgan fingerprint density at radius 1 is 1.00 bits per heavy atom. The van der Waals surface area contributed by atoms with Crippen molar-refractivity contribution in [2.45, 2.75) is 26.7 Å². The summed E-state index contributed by atoms with van der Waals surface area (Å²) in [4.78, 5) is 23.2. The fourth-order valence-electron chi connectivity index (χ4n) is 2.92. The van der Waals surface area contributed by atoms with Crippen LogP contribution in [0.25, 0.3) is 5.69 Å². The summed E-state index contributed by atoms with van der Waals surface area (Å²) in [6.45, 7) is 3.73. The molecule has 0 saturated carbocycles. The van der Waals surface area contributed by atoms with Crippen LogP contribution >= 0.6 is 0 Å². The van der Waals surface area contributed by atoms with E-state index in [1.807, 2.05) is 68.6 Å². The Balaban J connectivity index is 1.69. The fourth-order valence-corrected chi connectivity index (χ4v) is 2.92. The Morgan fingerprint density at radius 3 is 2.31 bits per heavy atom. The number of hydrogen-bond donors (Lipinski definition) is 1. The van der Waals surface area contributed by atoms with Gasteiger partial charge >= 0.3 is 11.9 Å². The minimum atomic E-state index is -0.469. The molecule has 0 aliphatic carbocycles. The maximum atomic E-state index is 12.0. The number of rotatable bonds is 7. The lowest BCUT2D eigenvalue weighted by molar-refractivity contribution is -0.144.